The molecule has 0 N–H and O–H groups in total. The molecule has 0 radical (unpaired) electrons. The number of hydrogen-bond donors (Lipinski definition) is 0. The lowest BCUT2D eigenvalue weighted by Crippen LogP contribution is -2.40. The van der Waals surface area contributed by atoms with Crippen LogP contribution in [-0.2, 0) is 16.1 Å². The molecule has 0 saturated carbocycles. The number of methoxy groups -OCH3 is 2. The molecule has 0 amide bonds. The molecule has 2 heterocycles. The molecule has 0 unspecified atom stereocenters. The number of allylic oxidation sites excluding steroid dienone is 1. The van der Waals surface area contributed by atoms with Crippen LogP contribution < -0.4 is 29.1 Å². The van der Waals surface area contributed by atoms with Gasteiger partial charge in [0.15, 0.2) is 16.3 Å². The Morgan fingerprint density at radius 3 is 2.57 bits per heavy atom. The topological polar surface area (TPSA) is 88.4 Å². The quantitative estimate of drug-likeness (QED) is 0.118. The van der Waals surface area contributed by atoms with Gasteiger partial charge in [-0.25, -0.2) is 9.79 Å². The molecule has 0 fully saturated rings. The number of carbonyl (C=O) groups is 1. The first-order valence-electron chi connectivity index (χ1n) is 14.5. The number of ether oxygens (including phenoxy) is 4. The van der Waals surface area contributed by atoms with Crippen LogP contribution in [-0.4, -0.2) is 31.4 Å². The molecule has 0 saturated heterocycles. The summed E-state index contributed by atoms with van der Waals surface area (Å²) < 4.78 is 26.6. The molecule has 1 atom stereocenters. The van der Waals surface area contributed by atoms with Crippen LogP contribution in [0, 0.1) is 3.57 Å². The number of aromatic nitrogens is 1. The first-order chi connectivity index (χ1) is 22.2. The fourth-order valence-corrected chi connectivity index (χ4v) is 7.58. The smallest absolute Gasteiger partial charge is 0.338 e. The number of thiazole rings is 1. The third kappa shape index (κ3) is 7.07. The second-order valence-corrected chi connectivity index (χ2v) is 13.7. The summed E-state index contributed by atoms with van der Waals surface area (Å²) >= 11 is 13.3. The molecular formula is C34H31BrClIN2O6S. The molecule has 46 heavy (non-hydrogen) atoms. The summed E-state index contributed by atoms with van der Waals surface area (Å²) in [5.74, 6) is 1.12. The van der Waals surface area contributed by atoms with Crippen molar-refractivity contribution in [2.75, 3.05) is 20.8 Å². The van der Waals surface area contributed by atoms with Crippen LogP contribution in [0.15, 0.2) is 80.1 Å². The van der Waals surface area contributed by atoms with Crippen LogP contribution in [0.5, 0.6) is 17.2 Å². The highest BCUT2D eigenvalue weighted by atomic mass is 127. The second-order valence-electron chi connectivity index (χ2n) is 10.2. The molecule has 240 valence electrons. The fraction of sp³-hybridized carbons (Fsp3) is 0.265. The van der Waals surface area contributed by atoms with Gasteiger partial charge in [0.2, 0.25) is 0 Å². The number of nitrogens with zero attached hydrogens (tertiary/aromatic N) is 2. The Balaban J connectivity index is 1.65. The third-order valence-electron chi connectivity index (χ3n) is 7.26. The van der Waals surface area contributed by atoms with Crippen molar-refractivity contribution in [3.05, 3.63) is 115 Å². The van der Waals surface area contributed by atoms with Crippen LogP contribution in [0.2, 0.25) is 5.02 Å². The summed E-state index contributed by atoms with van der Waals surface area (Å²) in [6.07, 6.45) is 3.09. The number of halogens is 3. The largest absolute Gasteiger partial charge is 0.496 e. The maximum Gasteiger partial charge on any atom is 0.338 e. The first kappa shape index (κ1) is 34.2. The summed E-state index contributed by atoms with van der Waals surface area (Å²) in [6.45, 7) is 4.23. The van der Waals surface area contributed by atoms with Crippen molar-refractivity contribution in [3.63, 3.8) is 0 Å². The van der Waals surface area contributed by atoms with Gasteiger partial charge in [-0.2, -0.15) is 0 Å². The Morgan fingerprint density at radius 1 is 1.11 bits per heavy atom. The van der Waals surface area contributed by atoms with E-state index in [4.69, 9.17) is 35.5 Å². The van der Waals surface area contributed by atoms with Gasteiger partial charge >= 0.3 is 5.97 Å². The van der Waals surface area contributed by atoms with E-state index in [-0.39, 0.29) is 18.8 Å². The summed E-state index contributed by atoms with van der Waals surface area (Å²) in [5.41, 5.74) is 2.88. The number of fused-ring (bicyclic) bond motifs is 1. The highest BCUT2D eigenvalue weighted by Gasteiger charge is 2.36. The van der Waals surface area contributed by atoms with Gasteiger partial charge in [0, 0.05) is 20.6 Å². The van der Waals surface area contributed by atoms with E-state index in [2.05, 4.69) is 38.5 Å². The standard InChI is InChI=1S/C34H31BrClIN2O6S/c1-5-9-25-29(33(41)44-6-2)30(22-17-21(35)12-13-26(22)42-3)39-32(40)28(46-34(39)38-25)16-19-14-24(37)31(27(15-19)43-4)45-18-20-10-7-8-11-23(20)36/h7-8,10-17,30H,5-6,9,18H2,1-4H3/b28-16+/t30-/m0/s1. The zero-order valence-electron chi connectivity index (χ0n) is 25.6. The predicted octanol–water partition coefficient (Wildman–Crippen LogP) is 7.20. The SMILES string of the molecule is CCCC1=C(C(=O)OCC)[C@H](c2cc(Br)ccc2OC)n2c(s/c(=C/c3cc(I)c(OCc4ccccc4Cl)c(OC)c3)c2=O)=N1. The van der Waals surface area contributed by atoms with Crippen molar-refractivity contribution in [1.29, 1.82) is 0 Å². The molecule has 0 bridgehead atoms. The van der Waals surface area contributed by atoms with Crippen molar-refractivity contribution in [1.82, 2.24) is 4.57 Å². The molecule has 0 spiro atoms. The molecule has 8 nitrogen and oxygen atoms in total. The van der Waals surface area contributed by atoms with E-state index in [9.17, 15) is 9.59 Å². The number of esters is 1. The van der Waals surface area contributed by atoms with Gasteiger partial charge in [-0.1, -0.05) is 70.4 Å². The number of hydrogen-bond acceptors (Lipinski definition) is 8. The van der Waals surface area contributed by atoms with E-state index < -0.39 is 12.0 Å². The zero-order valence-corrected chi connectivity index (χ0v) is 30.9. The Kier molecular flexibility index (Phi) is 11.3. The van der Waals surface area contributed by atoms with Gasteiger partial charge in [-0.05, 0) is 84.0 Å². The van der Waals surface area contributed by atoms with Crippen LogP contribution in [0.1, 0.15) is 49.4 Å². The van der Waals surface area contributed by atoms with Gasteiger partial charge < -0.3 is 18.9 Å². The molecule has 4 aromatic rings. The summed E-state index contributed by atoms with van der Waals surface area (Å²) in [5, 5.41) is 0.621. The van der Waals surface area contributed by atoms with Crippen LogP contribution in [0.25, 0.3) is 6.08 Å². The minimum atomic E-state index is -0.804. The normalized spacial score (nSPS) is 14.5. The van der Waals surface area contributed by atoms with E-state index in [1.807, 2.05) is 55.5 Å². The van der Waals surface area contributed by atoms with E-state index >= 15 is 0 Å². The molecule has 1 aromatic heterocycles. The number of benzene rings is 3. The van der Waals surface area contributed by atoms with Gasteiger partial charge in [0.25, 0.3) is 5.56 Å². The lowest BCUT2D eigenvalue weighted by atomic mass is 9.93. The minimum absolute atomic E-state index is 0.188. The lowest BCUT2D eigenvalue weighted by molar-refractivity contribution is -0.139. The number of rotatable bonds is 11. The van der Waals surface area contributed by atoms with Gasteiger partial charge in [-0.3, -0.25) is 9.36 Å². The third-order valence-corrected chi connectivity index (χ3v) is 9.90. The summed E-state index contributed by atoms with van der Waals surface area (Å²) in [6, 6.07) is 16.0. The summed E-state index contributed by atoms with van der Waals surface area (Å²) in [7, 11) is 3.14. The summed E-state index contributed by atoms with van der Waals surface area (Å²) in [4.78, 5) is 33.1. The van der Waals surface area contributed by atoms with E-state index in [0.717, 1.165) is 25.6 Å². The maximum atomic E-state index is 14.3. The second kappa shape index (κ2) is 15.2. The molecule has 1 aliphatic heterocycles. The predicted molar refractivity (Wildman–Crippen MR) is 192 cm³/mol. The Morgan fingerprint density at radius 2 is 1.87 bits per heavy atom. The number of carbonyl (C=O) groups excluding carboxylic acids is 1. The van der Waals surface area contributed by atoms with Crippen LogP contribution >= 0.6 is 61.5 Å². The van der Waals surface area contributed by atoms with Gasteiger partial charge in [-0.15, -0.1) is 0 Å². The van der Waals surface area contributed by atoms with Gasteiger partial charge in [0.05, 0.1) is 40.2 Å². The molecule has 12 heteroatoms. The molecule has 5 rings (SSSR count). The zero-order chi connectivity index (χ0) is 33.0. The molecular weight excluding hydrogens is 807 g/mol. The fourth-order valence-electron chi connectivity index (χ4n) is 5.21. The van der Waals surface area contributed by atoms with Crippen molar-refractivity contribution in [3.8, 4) is 17.2 Å². The van der Waals surface area contributed by atoms with Crippen molar-refractivity contribution >= 4 is 73.5 Å². The van der Waals surface area contributed by atoms with E-state index in [1.54, 1.807) is 37.9 Å². The van der Waals surface area contributed by atoms with Crippen molar-refractivity contribution in [2.24, 2.45) is 4.99 Å². The Labute approximate surface area is 297 Å². The maximum absolute atomic E-state index is 14.3. The van der Waals surface area contributed by atoms with Crippen LogP contribution in [0.3, 0.4) is 0 Å². The Bertz CT molecular complexity index is 2010. The molecule has 3 aromatic carbocycles. The van der Waals surface area contributed by atoms with Gasteiger partial charge in [0.1, 0.15) is 18.4 Å². The highest BCUT2D eigenvalue weighted by Crippen LogP contribution is 2.39. The van der Waals surface area contributed by atoms with Crippen molar-refractivity contribution < 1.29 is 23.7 Å². The average Bonchev–Trinajstić information content (AvgIpc) is 3.34. The average molecular weight is 838 g/mol. The minimum Gasteiger partial charge on any atom is -0.496 e. The van der Waals surface area contributed by atoms with Crippen molar-refractivity contribution in [2.45, 2.75) is 39.3 Å². The highest BCUT2D eigenvalue weighted by molar-refractivity contribution is 14.1. The van der Waals surface area contributed by atoms with E-state index in [1.165, 1.54) is 11.3 Å². The van der Waals surface area contributed by atoms with E-state index in [0.29, 0.717) is 54.9 Å². The lowest BCUT2D eigenvalue weighted by Gasteiger charge is -2.27. The van der Waals surface area contributed by atoms with Crippen LogP contribution in [0.4, 0.5) is 0 Å². The Hall–Kier alpha value is -3.13. The molecule has 1 aliphatic rings. The molecule has 0 aliphatic carbocycles. The first-order valence-corrected chi connectivity index (χ1v) is 17.6. The monoisotopic (exact) mass is 836 g/mol.